The second kappa shape index (κ2) is 11.2. The number of nitrogens with one attached hydrogen (secondary N) is 2. The molecule has 10 heteroatoms. The smallest absolute Gasteiger partial charge is 0.269 e. The summed E-state index contributed by atoms with van der Waals surface area (Å²) in [6, 6.07) is 13.5. The van der Waals surface area contributed by atoms with Gasteiger partial charge in [-0.05, 0) is 31.0 Å². The second-order valence-electron chi connectivity index (χ2n) is 7.99. The van der Waals surface area contributed by atoms with Crippen LogP contribution in [0, 0.1) is 10.1 Å². The summed E-state index contributed by atoms with van der Waals surface area (Å²) in [6.45, 7) is 2.25. The molecular weight excluding hydrogens is 456 g/mol. The fourth-order valence-electron chi connectivity index (χ4n) is 3.87. The molecule has 1 fully saturated rings. The number of para-hydroxylation sites is 1. The number of hydrogen-bond donors (Lipinski definition) is 2. The molecule has 0 bridgehead atoms. The Bertz CT molecular complexity index is 1170. The van der Waals surface area contributed by atoms with E-state index in [1.165, 1.54) is 36.0 Å². The predicted molar refractivity (Wildman–Crippen MR) is 130 cm³/mol. The quantitative estimate of drug-likeness (QED) is 0.260. The normalized spacial score (nSPS) is 15.4. The number of carbonyl (C=O) groups excluding carboxylic acids is 2. The van der Waals surface area contributed by atoms with Crippen LogP contribution >= 0.6 is 11.8 Å². The zero-order chi connectivity index (χ0) is 23.9. The maximum absolute atomic E-state index is 12.4. The number of non-ortho nitro benzene ring substituents is 1. The molecule has 2 aromatic carbocycles. The summed E-state index contributed by atoms with van der Waals surface area (Å²) in [5, 5.41) is 17.6. The van der Waals surface area contributed by atoms with Gasteiger partial charge in [0.2, 0.25) is 5.91 Å². The summed E-state index contributed by atoms with van der Waals surface area (Å²) in [5.41, 5.74) is 1.34. The van der Waals surface area contributed by atoms with Crippen molar-refractivity contribution >= 4 is 40.2 Å². The van der Waals surface area contributed by atoms with E-state index in [-0.39, 0.29) is 23.6 Å². The number of carbonyl (C=O) groups is 2. The van der Waals surface area contributed by atoms with Crippen LogP contribution in [0.3, 0.4) is 0 Å². The third-order valence-electron chi connectivity index (χ3n) is 5.64. The minimum Gasteiger partial charge on any atom is -0.376 e. The Hall–Kier alpha value is -3.37. The molecule has 178 valence electrons. The van der Waals surface area contributed by atoms with E-state index in [0.717, 1.165) is 35.2 Å². The summed E-state index contributed by atoms with van der Waals surface area (Å²) in [5.74, 6) is 0.00833. The van der Waals surface area contributed by atoms with Crippen molar-refractivity contribution in [2.75, 3.05) is 25.4 Å². The molecule has 1 unspecified atom stereocenters. The Labute approximate surface area is 201 Å². The average molecular weight is 483 g/mol. The van der Waals surface area contributed by atoms with Gasteiger partial charge in [0.05, 0.1) is 16.8 Å². The van der Waals surface area contributed by atoms with Gasteiger partial charge in [0.25, 0.3) is 11.6 Å². The van der Waals surface area contributed by atoms with Gasteiger partial charge in [-0.15, -0.1) is 11.8 Å². The van der Waals surface area contributed by atoms with Gasteiger partial charge in [-0.1, -0.05) is 18.2 Å². The minimum atomic E-state index is -0.498. The lowest BCUT2D eigenvalue weighted by Gasteiger charge is -2.10. The molecule has 2 amide bonds. The van der Waals surface area contributed by atoms with Crippen molar-refractivity contribution in [3.63, 3.8) is 0 Å². The molecule has 0 saturated carbocycles. The largest absolute Gasteiger partial charge is 0.376 e. The lowest BCUT2D eigenvalue weighted by molar-refractivity contribution is -0.384. The van der Waals surface area contributed by atoms with Crippen LogP contribution in [0.1, 0.15) is 23.2 Å². The fourth-order valence-corrected chi connectivity index (χ4v) is 4.79. The third kappa shape index (κ3) is 5.95. The van der Waals surface area contributed by atoms with Crippen LogP contribution in [0.25, 0.3) is 10.9 Å². The lowest BCUT2D eigenvalue weighted by Crippen LogP contribution is -2.32. The molecule has 0 radical (unpaired) electrons. The first kappa shape index (κ1) is 23.8. The summed E-state index contributed by atoms with van der Waals surface area (Å²) >= 11 is 1.49. The second-order valence-corrected chi connectivity index (χ2v) is 9.01. The summed E-state index contributed by atoms with van der Waals surface area (Å²) < 4.78 is 7.60. The molecule has 1 saturated heterocycles. The van der Waals surface area contributed by atoms with Gasteiger partial charge < -0.3 is 19.9 Å². The van der Waals surface area contributed by atoms with Gasteiger partial charge in [-0.2, -0.15) is 0 Å². The van der Waals surface area contributed by atoms with Gasteiger partial charge >= 0.3 is 0 Å². The van der Waals surface area contributed by atoms with Crippen molar-refractivity contribution in [3.8, 4) is 0 Å². The van der Waals surface area contributed by atoms with E-state index in [4.69, 9.17) is 4.74 Å². The van der Waals surface area contributed by atoms with Crippen LogP contribution in [0.5, 0.6) is 0 Å². The Morgan fingerprint density at radius 3 is 2.68 bits per heavy atom. The van der Waals surface area contributed by atoms with Crippen LogP contribution in [0.2, 0.25) is 0 Å². The molecule has 3 aromatic rings. The zero-order valence-corrected chi connectivity index (χ0v) is 19.4. The van der Waals surface area contributed by atoms with Crippen molar-refractivity contribution in [1.82, 2.24) is 15.2 Å². The van der Waals surface area contributed by atoms with E-state index < -0.39 is 4.92 Å². The number of amides is 2. The van der Waals surface area contributed by atoms with Gasteiger partial charge in [0.1, 0.15) is 0 Å². The molecule has 1 aliphatic heterocycles. The molecule has 2 N–H and O–H groups in total. The van der Waals surface area contributed by atoms with E-state index in [1.807, 2.05) is 30.5 Å². The Morgan fingerprint density at radius 2 is 1.94 bits per heavy atom. The maximum Gasteiger partial charge on any atom is 0.269 e. The highest BCUT2D eigenvalue weighted by Gasteiger charge is 2.17. The van der Waals surface area contributed by atoms with E-state index in [1.54, 1.807) is 0 Å². The van der Waals surface area contributed by atoms with Crippen molar-refractivity contribution in [1.29, 1.82) is 0 Å². The van der Waals surface area contributed by atoms with Gasteiger partial charge in [-0.3, -0.25) is 19.7 Å². The van der Waals surface area contributed by atoms with Crippen molar-refractivity contribution in [2.45, 2.75) is 30.4 Å². The first-order valence-corrected chi connectivity index (χ1v) is 12.1. The Balaban J connectivity index is 1.32. The number of ether oxygens (including phenoxy) is 1. The number of nitro groups is 1. The molecule has 9 nitrogen and oxygen atoms in total. The molecular formula is C24H26N4O5S. The summed E-state index contributed by atoms with van der Waals surface area (Å²) in [7, 11) is 0. The number of benzene rings is 2. The van der Waals surface area contributed by atoms with E-state index >= 15 is 0 Å². The molecule has 0 spiro atoms. The van der Waals surface area contributed by atoms with Crippen molar-refractivity contribution in [2.24, 2.45) is 0 Å². The molecule has 4 rings (SSSR count). The Kier molecular flexibility index (Phi) is 7.81. The van der Waals surface area contributed by atoms with E-state index in [0.29, 0.717) is 31.0 Å². The molecule has 1 aromatic heterocycles. The number of thioether (sulfide) groups is 1. The number of nitro benzene ring substituents is 1. The van der Waals surface area contributed by atoms with Gasteiger partial charge in [-0.25, -0.2) is 0 Å². The molecule has 1 aliphatic rings. The number of fused-ring (bicyclic) bond motifs is 1. The highest BCUT2D eigenvalue weighted by molar-refractivity contribution is 8.00. The summed E-state index contributed by atoms with van der Waals surface area (Å²) in [6.07, 6.45) is 4.16. The van der Waals surface area contributed by atoms with Crippen molar-refractivity contribution in [3.05, 3.63) is 70.4 Å². The van der Waals surface area contributed by atoms with Gasteiger partial charge in [0.15, 0.2) is 0 Å². The zero-order valence-electron chi connectivity index (χ0n) is 18.6. The molecule has 1 atom stereocenters. The lowest BCUT2D eigenvalue weighted by atomic mass is 10.2. The van der Waals surface area contributed by atoms with Crippen LogP contribution in [-0.2, 0) is 16.1 Å². The highest BCUT2D eigenvalue weighted by atomic mass is 32.2. The predicted octanol–water partition coefficient (Wildman–Crippen LogP) is 3.37. The SMILES string of the molecule is O=C(CSc1cn(CCNC(=O)c2ccc([N+](=O)[O-])cc2)c2ccccc12)NCC1CCCO1. The Morgan fingerprint density at radius 1 is 1.15 bits per heavy atom. The maximum atomic E-state index is 12.4. The number of hydrogen-bond acceptors (Lipinski definition) is 6. The third-order valence-corrected chi connectivity index (χ3v) is 6.68. The molecule has 34 heavy (non-hydrogen) atoms. The van der Waals surface area contributed by atoms with Gasteiger partial charge in [0, 0.05) is 65.9 Å². The molecule has 2 heterocycles. The number of nitrogens with zero attached hydrogens (tertiary/aromatic N) is 2. The van der Waals surface area contributed by atoms with Crippen LogP contribution < -0.4 is 10.6 Å². The van der Waals surface area contributed by atoms with E-state index in [9.17, 15) is 19.7 Å². The van der Waals surface area contributed by atoms with Crippen LogP contribution in [0.15, 0.2) is 59.6 Å². The number of rotatable bonds is 10. The minimum absolute atomic E-state index is 0.0207. The fraction of sp³-hybridized carbons (Fsp3) is 0.333. The van der Waals surface area contributed by atoms with E-state index in [2.05, 4.69) is 15.2 Å². The highest BCUT2D eigenvalue weighted by Crippen LogP contribution is 2.30. The van der Waals surface area contributed by atoms with Crippen LogP contribution in [0.4, 0.5) is 5.69 Å². The standard InChI is InChI=1S/C24H26N4O5S/c29-23(26-14-19-4-3-13-33-19)16-34-22-15-27(21-6-2-1-5-20(21)22)12-11-25-24(30)17-7-9-18(10-8-17)28(31)32/h1-2,5-10,15,19H,3-4,11-14,16H2,(H,25,30)(H,26,29). The first-order chi connectivity index (χ1) is 16.5. The van der Waals surface area contributed by atoms with Crippen LogP contribution in [-0.4, -0.2) is 52.9 Å². The first-order valence-electron chi connectivity index (χ1n) is 11.1. The monoisotopic (exact) mass is 482 g/mol. The number of aromatic nitrogens is 1. The summed E-state index contributed by atoms with van der Waals surface area (Å²) in [4.78, 5) is 35.9. The molecule has 0 aliphatic carbocycles. The topological polar surface area (TPSA) is 116 Å². The van der Waals surface area contributed by atoms with Crippen molar-refractivity contribution < 1.29 is 19.2 Å². The average Bonchev–Trinajstić information content (AvgIpc) is 3.50.